The first-order chi connectivity index (χ1) is 13.5. The van der Waals surface area contributed by atoms with Gasteiger partial charge in [-0.25, -0.2) is 13.2 Å². The van der Waals surface area contributed by atoms with Gasteiger partial charge in [0, 0.05) is 11.2 Å². The summed E-state index contributed by atoms with van der Waals surface area (Å²) in [4.78, 5) is 23.8. The van der Waals surface area contributed by atoms with Crippen LogP contribution in [0.2, 0.25) is 0 Å². The quantitative estimate of drug-likeness (QED) is 0.666. The first-order valence-electron chi connectivity index (χ1n) is 8.75. The number of rotatable bonds is 7. The molecule has 2 rings (SSSR count). The molecule has 0 aliphatic rings. The van der Waals surface area contributed by atoms with Gasteiger partial charge in [-0.2, -0.15) is 0 Å². The number of esters is 1. The second-order valence-corrected chi connectivity index (χ2v) is 8.92. The van der Waals surface area contributed by atoms with Gasteiger partial charge >= 0.3 is 5.97 Å². The minimum Gasteiger partial charge on any atom is -0.497 e. The number of ether oxygens (including phenoxy) is 2. The summed E-state index contributed by atoms with van der Waals surface area (Å²) in [6.07, 6.45) is 0. The number of hydrogen-bond donors (Lipinski definition) is 2. The molecule has 29 heavy (non-hydrogen) atoms. The molecule has 0 radical (unpaired) electrons. The minimum atomic E-state index is -3.92. The molecule has 0 saturated heterocycles. The van der Waals surface area contributed by atoms with Crippen molar-refractivity contribution in [2.75, 3.05) is 18.4 Å². The average Bonchev–Trinajstić information content (AvgIpc) is 2.65. The number of methoxy groups -OCH3 is 1. The predicted octanol–water partition coefficient (Wildman–Crippen LogP) is 2.57. The van der Waals surface area contributed by atoms with E-state index in [9.17, 15) is 18.0 Å². The molecule has 0 aliphatic carbocycles. The summed E-state index contributed by atoms with van der Waals surface area (Å²) in [6, 6.07) is 11.7. The van der Waals surface area contributed by atoms with Gasteiger partial charge in [-0.15, -0.1) is 0 Å². The van der Waals surface area contributed by atoms with Crippen LogP contribution in [-0.2, 0) is 19.6 Å². The van der Waals surface area contributed by atoms with E-state index in [1.807, 2.05) is 0 Å². The third-order valence-electron chi connectivity index (χ3n) is 3.57. The largest absolute Gasteiger partial charge is 0.497 e. The smallest absolute Gasteiger partial charge is 0.338 e. The van der Waals surface area contributed by atoms with E-state index in [0.717, 1.165) is 0 Å². The van der Waals surface area contributed by atoms with Gasteiger partial charge in [0.25, 0.3) is 15.9 Å². The van der Waals surface area contributed by atoms with E-state index in [2.05, 4.69) is 10.0 Å². The summed E-state index contributed by atoms with van der Waals surface area (Å²) in [5, 5.41) is 2.67. The van der Waals surface area contributed by atoms with Crippen molar-refractivity contribution in [2.24, 2.45) is 0 Å². The van der Waals surface area contributed by atoms with Gasteiger partial charge in [0.05, 0.1) is 17.6 Å². The van der Waals surface area contributed by atoms with Crippen molar-refractivity contribution in [3.63, 3.8) is 0 Å². The molecule has 2 aromatic rings. The lowest BCUT2D eigenvalue weighted by molar-refractivity contribution is -0.125. The molecule has 0 atom stereocenters. The molecule has 1 amide bonds. The Kier molecular flexibility index (Phi) is 6.86. The summed E-state index contributed by atoms with van der Waals surface area (Å²) >= 11 is 0. The molecule has 0 heterocycles. The Hall–Kier alpha value is -3.07. The van der Waals surface area contributed by atoms with E-state index < -0.39 is 34.0 Å². The molecule has 0 fully saturated rings. The van der Waals surface area contributed by atoms with Crippen molar-refractivity contribution < 1.29 is 27.5 Å². The van der Waals surface area contributed by atoms with E-state index in [0.29, 0.717) is 11.4 Å². The van der Waals surface area contributed by atoms with Crippen LogP contribution in [-0.4, -0.2) is 39.5 Å². The molecule has 0 bridgehead atoms. The van der Waals surface area contributed by atoms with Gasteiger partial charge < -0.3 is 14.8 Å². The van der Waals surface area contributed by atoms with Crippen LogP contribution in [0.3, 0.4) is 0 Å². The van der Waals surface area contributed by atoms with Crippen LogP contribution in [0.5, 0.6) is 5.75 Å². The summed E-state index contributed by atoms with van der Waals surface area (Å²) in [5.41, 5.74) is -0.0891. The summed E-state index contributed by atoms with van der Waals surface area (Å²) < 4.78 is 37.6. The summed E-state index contributed by atoms with van der Waals surface area (Å²) in [7, 11) is -2.41. The Bertz CT molecular complexity index is 979. The van der Waals surface area contributed by atoms with Crippen LogP contribution in [0.1, 0.15) is 31.1 Å². The van der Waals surface area contributed by atoms with E-state index >= 15 is 0 Å². The highest BCUT2D eigenvalue weighted by Crippen LogP contribution is 2.20. The molecule has 0 saturated carbocycles. The standard InChI is InChI=1S/C20H24N2O6S/c1-20(2,3)21-18(23)13-28-19(24)14-6-5-7-17(12-14)29(25,26)22-15-8-10-16(27-4)11-9-15/h5-12,22H,13H2,1-4H3,(H,21,23). The molecule has 156 valence electrons. The lowest BCUT2D eigenvalue weighted by Gasteiger charge is -2.20. The van der Waals surface area contributed by atoms with Crippen molar-refractivity contribution in [2.45, 2.75) is 31.2 Å². The first kappa shape index (κ1) is 22.2. The number of anilines is 1. The fraction of sp³-hybridized carbons (Fsp3) is 0.300. The monoisotopic (exact) mass is 420 g/mol. The van der Waals surface area contributed by atoms with E-state index in [4.69, 9.17) is 9.47 Å². The van der Waals surface area contributed by atoms with Crippen LogP contribution < -0.4 is 14.8 Å². The summed E-state index contributed by atoms with van der Waals surface area (Å²) in [6.45, 7) is 4.95. The van der Waals surface area contributed by atoms with Crippen molar-refractivity contribution >= 4 is 27.6 Å². The van der Waals surface area contributed by atoms with Crippen LogP contribution in [0.25, 0.3) is 0 Å². The van der Waals surface area contributed by atoms with Gasteiger partial charge in [-0.3, -0.25) is 9.52 Å². The normalized spacial score (nSPS) is 11.4. The Labute approximate surface area is 170 Å². The number of carbonyl (C=O) groups excluding carboxylic acids is 2. The van der Waals surface area contributed by atoms with Crippen molar-refractivity contribution in [3.05, 3.63) is 54.1 Å². The highest BCUT2D eigenvalue weighted by molar-refractivity contribution is 7.92. The van der Waals surface area contributed by atoms with E-state index in [1.54, 1.807) is 45.0 Å². The molecule has 0 unspecified atom stereocenters. The van der Waals surface area contributed by atoms with Crippen LogP contribution in [0.15, 0.2) is 53.4 Å². The second-order valence-electron chi connectivity index (χ2n) is 7.24. The van der Waals surface area contributed by atoms with Gasteiger partial charge in [-0.1, -0.05) is 6.07 Å². The Morgan fingerprint density at radius 2 is 1.69 bits per heavy atom. The molecular formula is C20H24N2O6S. The zero-order valence-corrected chi connectivity index (χ0v) is 17.5. The predicted molar refractivity (Wildman–Crippen MR) is 108 cm³/mol. The van der Waals surface area contributed by atoms with Gasteiger partial charge in [0.2, 0.25) is 0 Å². The molecular weight excluding hydrogens is 396 g/mol. The maximum absolute atomic E-state index is 12.6. The molecule has 9 heteroatoms. The lowest BCUT2D eigenvalue weighted by Crippen LogP contribution is -2.42. The molecule has 0 aliphatic heterocycles. The first-order valence-corrected chi connectivity index (χ1v) is 10.2. The zero-order valence-electron chi connectivity index (χ0n) is 16.7. The topological polar surface area (TPSA) is 111 Å². The Morgan fingerprint density at radius 3 is 2.28 bits per heavy atom. The molecule has 8 nitrogen and oxygen atoms in total. The highest BCUT2D eigenvalue weighted by atomic mass is 32.2. The van der Waals surface area contributed by atoms with Crippen molar-refractivity contribution in [3.8, 4) is 5.75 Å². The average molecular weight is 420 g/mol. The molecule has 0 aromatic heterocycles. The summed E-state index contributed by atoms with van der Waals surface area (Å²) in [5.74, 6) is -0.653. The second kappa shape index (κ2) is 8.95. The SMILES string of the molecule is COc1ccc(NS(=O)(=O)c2cccc(C(=O)OCC(=O)NC(C)(C)C)c2)cc1. The number of sulfonamides is 1. The Balaban J connectivity index is 2.08. The maximum Gasteiger partial charge on any atom is 0.338 e. The number of nitrogens with one attached hydrogen (secondary N) is 2. The molecule has 0 spiro atoms. The number of carbonyl (C=O) groups is 2. The Morgan fingerprint density at radius 1 is 1.03 bits per heavy atom. The fourth-order valence-corrected chi connectivity index (χ4v) is 3.44. The minimum absolute atomic E-state index is 0.0196. The van der Waals surface area contributed by atoms with Crippen molar-refractivity contribution in [1.82, 2.24) is 5.32 Å². The number of hydrogen-bond acceptors (Lipinski definition) is 6. The van der Waals surface area contributed by atoms with E-state index in [1.165, 1.54) is 31.4 Å². The van der Waals surface area contributed by atoms with Gasteiger partial charge in [0.15, 0.2) is 6.61 Å². The van der Waals surface area contributed by atoms with Gasteiger partial charge in [-0.05, 0) is 63.2 Å². The molecule has 2 aromatic carbocycles. The zero-order chi connectivity index (χ0) is 21.7. The fourth-order valence-electron chi connectivity index (χ4n) is 2.33. The van der Waals surface area contributed by atoms with E-state index in [-0.39, 0.29) is 10.5 Å². The number of benzene rings is 2. The highest BCUT2D eigenvalue weighted by Gasteiger charge is 2.19. The lowest BCUT2D eigenvalue weighted by atomic mass is 10.1. The molecule has 2 N–H and O–H groups in total. The maximum atomic E-state index is 12.6. The van der Waals surface area contributed by atoms with Crippen LogP contribution >= 0.6 is 0 Å². The van der Waals surface area contributed by atoms with Crippen LogP contribution in [0.4, 0.5) is 5.69 Å². The van der Waals surface area contributed by atoms with Gasteiger partial charge in [0.1, 0.15) is 5.75 Å². The third kappa shape index (κ3) is 6.79. The van der Waals surface area contributed by atoms with Crippen molar-refractivity contribution in [1.29, 1.82) is 0 Å². The number of amides is 1. The van der Waals surface area contributed by atoms with Crippen LogP contribution in [0, 0.1) is 0 Å². The third-order valence-corrected chi connectivity index (χ3v) is 4.95.